The first-order valence-electron chi connectivity index (χ1n) is 4.91. The number of hydrogen-bond donors (Lipinski definition) is 0. The number of benzene rings is 1. The molecule has 2 aromatic rings. The van der Waals surface area contributed by atoms with E-state index in [9.17, 15) is 0 Å². The molecule has 0 unspecified atom stereocenters. The molecule has 0 fully saturated rings. The maximum absolute atomic E-state index is 6.11. The fraction of sp³-hybridized carbons (Fsp3) is 0.364. The van der Waals surface area contributed by atoms with Crippen molar-refractivity contribution in [1.29, 1.82) is 0 Å². The molecule has 1 aromatic carbocycles. The molecule has 0 spiro atoms. The summed E-state index contributed by atoms with van der Waals surface area (Å²) in [6.07, 6.45) is 0.831. The van der Waals surface area contributed by atoms with Crippen LogP contribution in [0.1, 0.15) is 18.3 Å². The first-order chi connectivity index (χ1) is 7.26. The van der Waals surface area contributed by atoms with Gasteiger partial charge < -0.3 is 4.74 Å². The number of aryl methyl sites for hydroxylation is 1. The zero-order chi connectivity index (χ0) is 10.8. The lowest BCUT2D eigenvalue weighted by Crippen LogP contribution is -1.89. The Labute approximate surface area is 93.7 Å². The van der Waals surface area contributed by atoms with Gasteiger partial charge in [-0.1, -0.05) is 13.0 Å². The van der Waals surface area contributed by atoms with Crippen LogP contribution in [0.4, 0.5) is 0 Å². The van der Waals surface area contributed by atoms with E-state index >= 15 is 0 Å². The monoisotopic (exact) mass is 224 g/mol. The average Bonchev–Trinajstić information content (AvgIpc) is 2.56. The maximum atomic E-state index is 6.11. The normalized spacial score (nSPS) is 11.1. The van der Waals surface area contributed by atoms with Crippen LogP contribution in [0.2, 0.25) is 0 Å². The van der Waals surface area contributed by atoms with Gasteiger partial charge in [-0.3, -0.25) is 0 Å². The first kappa shape index (κ1) is 10.5. The highest BCUT2D eigenvalue weighted by Gasteiger charge is 2.07. The van der Waals surface area contributed by atoms with Crippen LogP contribution < -0.4 is 0 Å². The van der Waals surface area contributed by atoms with Crippen molar-refractivity contribution in [2.75, 3.05) is 7.11 Å². The van der Waals surface area contributed by atoms with E-state index in [1.807, 2.05) is 25.1 Å². The molecule has 3 nitrogen and oxygen atoms in total. The number of fused-ring (bicyclic) bond motifs is 1. The van der Waals surface area contributed by atoms with Crippen molar-refractivity contribution in [2.24, 2.45) is 0 Å². The van der Waals surface area contributed by atoms with Crippen molar-refractivity contribution in [2.45, 2.75) is 20.0 Å². The highest BCUT2D eigenvalue weighted by molar-refractivity contribution is 6.19. The molecule has 0 N–H and O–H groups in total. The van der Waals surface area contributed by atoms with Gasteiger partial charge in [0.05, 0.1) is 17.6 Å². The Morgan fingerprint density at radius 3 is 2.93 bits per heavy atom. The number of methoxy groups -OCH3 is 1. The molecular formula is C11H13ClN2O. The van der Waals surface area contributed by atoms with Gasteiger partial charge in [0, 0.05) is 25.3 Å². The standard InChI is InChI=1S/C11H13ClN2O/c1-3-11-13-9-6-8(7-15-2)4-5-10(9)14(11)12/h4-6H,3,7H2,1-2H3. The number of imidazole rings is 1. The number of aromatic nitrogens is 2. The third-order valence-corrected chi connectivity index (χ3v) is 2.73. The van der Waals surface area contributed by atoms with E-state index in [2.05, 4.69) is 4.98 Å². The summed E-state index contributed by atoms with van der Waals surface area (Å²) in [7, 11) is 1.68. The predicted molar refractivity (Wildman–Crippen MR) is 61.1 cm³/mol. The second-order valence-electron chi connectivity index (χ2n) is 3.42. The van der Waals surface area contributed by atoms with Crippen LogP contribution in [-0.2, 0) is 17.8 Å². The first-order valence-corrected chi connectivity index (χ1v) is 5.25. The zero-order valence-electron chi connectivity index (χ0n) is 8.83. The van der Waals surface area contributed by atoms with Crippen LogP contribution in [0.3, 0.4) is 0 Å². The largest absolute Gasteiger partial charge is 0.380 e. The van der Waals surface area contributed by atoms with Gasteiger partial charge in [-0.25, -0.2) is 9.07 Å². The Hall–Kier alpha value is -1.06. The lowest BCUT2D eigenvalue weighted by molar-refractivity contribution is 0.185. The van der Waals surface area contributed by atoms with Gasteiger partial charge in [0.15, 0.2) is 0 Å². The molecule has 1 heterocycles. The number of halogens is 1. The predicted octanol–water partition coefficient (Wildman–Crippen LogP) is 2.75. The fourth-order valence-corrected chi connectivity index (χ4v) is 1.92. The van der Waals surface area contributed by atoms with Crippen LogP contribution in [0.25, 0.3) is 11.0 Å². The molecule has 1 aromatic heterocycles. The van der Waals surface area contributed by atoms with Crippen molar-refractivity contribution < 1.29 is 4.74 Å². The van der Waals surface area contributed by atoms with Gasteiger partial charge >= 0.3 is 0 Å². The number of ether oxygens (including phenoxy) is 1. The SMILES string of the molecule is CCc1nc2cc(COC)ccc2n1Cl. The van der Waals surface area contributed by atoms with Gasteiger partial charge in [0.2, 0.25) is 0 Å². The minimum Gasteiger partial charge on any atom is -0.380 e. The molecule has 0 amide bonds. The Kier molecular flexibility index (Phi) is 2.93. The second kappa shape index (κ2) is 4.21. The molecule has 4 heteroatoms. The summed E-state index contributed by atoms with van der Waals surface area (Å²) in [5, 5.41) is 0. The number of rotatable bonds is 3. The topological polar surface area (TPSA) is 27.1 Å². The summed E-state index contributed by atoms with van der Waals surface area (Å²) in [6.45, 7) is 2.64. The van der Waals surface area contributed by atoms with Crippen molar-refractivity contribution in [3.63, 3.8) is 0 Å². The van der Waals surface area contributed by atoms with Gasteiger partial charge in [0.25, 0.3) is 0 Å². The summed E-state index contributed by atoms with van der Waals surface area (Å²) in [4.78, 5) is 4.45. The minimum absolute atomic E-state index is 0.604. The van der Waals surface area contributed by atoms with Gasteiger partial charge in [0.1, 0.15) is 5.82 Å². The lowest BCUT2D eigenvalue weighted by Gasteiger charge is -1.99. The summed E-state index contributed by atoms with van der Waals surface area (Å²) in [5.74, 6) is 0.890. The third-order valence-electron chi connectivity index (χ3n) is 2.35. The van der Waals surface area contributed by atoms with Crippen LogP contribution in [0.5, 0.6) is 0 Å². The van der Waals surface area contributed by atoms with E-state index in [-0.39, 0.29) is 0 Å². The molecular weight excluding hydrogens is 212 g/mol. The smallest absolute Gasteiger partial charge is 0.124 e. The Balaban J connectivity index is 2.53. The third kappa shape index (κ3) is 1.85. The fourth-order valence-electron chi connectivity index (χ4n) is 1.62. The molecule has 0 saturated carbocycles. The molecule has 2 rings (SSSR count). The summed E-state index contributed by atoms with van der Waals surface area (Å²) >= 11 is 6.11. The van der Waals surface area contributed by atoms with Crippen LogP contribution in [0, 0.1) is 0 Å². The van der Waals surface area contributed by atoms with Gasteiger partial charge in [-0.15, -0.1) is 0 Å². The molecule has 0 aliphatic carbocycles. The van der Waals surface area contributed by atoms with E-state index in [0.29, 0.717) is 6.61 Å². The molecule has 0 bridgehead atoms. The zero-order valence-corrected chi connectivity index (χ0v) is 9.58. The van der Waals surface area contributed by atoms with E-state index in [4.69, 9.17) is 16.5 Å². The Bertz CT molecular complexity index is 479. The molecule has 0 radical (unpaired) electrons. The van der Waals surface area contributed by atoms with E-state index in [1.165, 1.54) is 0 Å². The maximum Gasteiger partial charge on any atom is 0.124 e. The lowest BCUT2D eigenvalue weighted by atomic mass is 10.2. The summed E-state index contributed by atoms with van der Waals surface area (Å²) < 4.78 is 6.69. The molecule has 0 saturated heterocycles. The molecule has 0 aliphatic heterocycles. The molecule has 0 aliphatic rings. The van der Waals surface area contributed by atoms with E-state index < -0.39 is 0 Å². The highest BCUT2D eigenvalue weighted by Crippen LogP contribution is 2.19. The summed E-state index contributed by atoms with van der Waals surface area (Å²) in [5.41, 5.74) is 2.99. The number of hydrogen-bond acceptors (Lipinski definition) is 2. The van der Waals surface area contributed by atoms with Crippen LogP contribution in [0.15, 0.2) is 18.2 Å². The van der Waals surface area contributed by atoms with Crippen molar-refractivity contribution >= 4 is 22.8 Å². The highest BCUT2D eigenvalue weighted by atomic mass is 35.5. The Morgan fingerprint density at radius 2 is 2.27 bits per heavy atom. The van der Waals surface area contributed by atoms with Gasteiger partial charge in [-0.05, 0) is 17.7 Å². The van der Waals surface area contributed by atoms with Crippen molar-refractivity contribution in [3.05, 3.63) is 29.6 Å². The van der Waals surface area contributed by atoms with Gasteiger partial charge in [-0.2, -0.15) is 0 Å². The average molecular weight is 225 g/mol. The number of nitrogens with zero attached hydrogens (tertiary/aromatic N) is 2. The van der Waals surface area contributed by atoms with Crippen LogP contribution in [-0.4, -0.2) is 16.2 Å². The molecule has 0 atom stereocenters. The molecule has 15 heavy (non-hydrogen) atoms. The molecule has 80 valence electrons. The Morgan fingerprint density at radius 1 is 1.47 bits per heavy atom. The van der Waals surface area contributed by atoms with E-state index in [1.54, 1.807) is 11.2 Å². The van der Waals surface area contributed by atoms with Crippen molar-refractivity contribution in [1.82, 2.24) is 9.07 Å². The second-order valence-corrected chi connectivity index (χ2v) is 3.76. The quantitative estimate of drug-likeness (QED) is 0.802. The van der Waals surface area contributed by atoms with Crippen molar-refractivity contribution in [3.8, 4) is 0 Å². The van der Waals surface area contributed by atoms with Crippen LogP contribution >= 0.6 is 11.8 Å². The minimum atomic E-state index is 0.604. The van der Waals surface area contributed by atoms with E-state index in [0.717, 1.165) is 28.8 Å². The summed E-state index contributed by atoms with van der Waals surface area (Å²) in [6, 6.07) is 5.99.